The molecule has 1 amide bonds. The van der Waals surface area contributed by atoms with Gasteiger partial charge in [0.05, 0.1) is 0 Å². The average Bonchev–Trinajstić information content (AvgIpc) is 2.50. The van der Waals surface area contributed by atoms with Crippen molar-refractivity contribution >= 4 is 11.9 Å². The highest BCUT2D eigenvalue weighted by Crippen LogP contribution is 2.16. The third kappa shape index (κ3) is 4.16. The number of rotatable bonds is 5. The summed E-state index contributed by atoms with van der Waals surface area (Å²) in [5, 5.41) is 11.9. The zero-order valence-electron chi connectivity index (χ0n) is 13.0. The van der Waals surface area contributed by atoms with Gasteiger partial charge in [-0.05, 0) is 54.8 Å². The molecule has 0 unspecified atom stereocenters. The van der Waals surface area contributed by atoms with Crippen molar-refractivity contribution in [2.24, 2.45) is 0 Å². The molecule has 23 heavy (non-hydrogen) atoms. The molecule has 0 bridgehead atoms. The van der Waals surface area contributed by atoms with Crippen LogP contribution in [0.5, 0.6) is 0 Å². The number of hydrogen-bond donors (Lipinski definition) is 2. The van der Waals surface area contributed by atoms with Gasteiger partial charge in [0.1, 0.15) is 11.9 Å². The molecule has 0 fully saturated rings. The van der Waals surface area contributed by atoms with Crippen LogP contribution in [-0.4, -0.2) is 23.0 Å². The van der Waals surface area contributed by atoms with Gasteiger partial charge in [0.15, 0.2) is 0 Å². The van der Waals surface area contributed by atoms with E-state index < -0.39 is 23.7 Å². The first-order valence-corrected chi connectivity index (χ1v) is 7.23. The molecule has 0 saturated heterocycles. The van der Waals surface area contributed by atoms with Gasteiger partial charge in [-0.25, -0.2) is 9.18 Å². The van der Waals surface area contributed by atoms with E-state index >= 15 is 0 Å². The average molecular weight is 315 g/mol. The normalized spacial score (nSPS) is 11.8. The third-order valence-corrected chi connectivity index (χ3v) is 3.76. The van der Waals surface area contributed by atoms with Crippen LogP contribution >= 0.6 is 0 Å². The number of aliphatic carboxylic acids is 1. The zero-order valence-corrected chi connectivity index (χ0v) is 13.0. The molecule has 0 radical (unpaired) electrons. The van der Waals surface area contributed by atoms with Crippen molar-refractivity contribution < 1.29 is 19.1 Å². The van der Waals surface area contributed by atoms with Crippen LogP contribution in [0.1, 0.15) is 27.0 Å². The van der Waals surface area contributed by atoms with E-state index in [0.717, 1.165) is 28.8 Å². The molecule has 2 rings (SSSR count). The summed E-state index contributed by atoms with van der Waals surface area (Å²) in [5.41, 5.74) is 3.08. The van der Waals surface area contributed by atoms with Gasteiger partial charge in [-0.2, -0.15) is 0 Å². The molecule has 0 aromatic heterocycles. The van der Waals surface area contributed by atoms with Crippen LogP contribution in [0.25, 0.3) is 0 Å². The Hall–Kier alpha value is -2.69. The number of benzene rings is 2. The monoisotopic (exact) mass is 315 g/mol. The molecule has 2 aromatic rings. The number of amides is 1. The summed E-state index contributed by atoms with van der Waals surface area (Å²) in [7, 11) is 0. The minimum atomic E-state index is -1.11. The van der Waals surface area contributed by atoms with E-state index in [1.54, 1.807) is 0 Å². The Morgan fingerprint density at radius 3 is 2.17 bits per heavy atom. The highest BCUT2D eigenvalue weighted by atomic mass is 19.1. The lowest BCUT2D eigenvalue weighted by atomic mass is 9.96. The van der Waals surface area contributed by atoms with Crippen LogP contribution in [-0.2, 0) is 11.2 Å². The summed E-state index contributed by atoms with van der Waals surface area (Å²) in [6.07, 6.45) is 0.195. The van der Waals surface area contributed by atoms with Crippen molar-refractivity contribution in [2.75, 3.05) is 0 Å². The van der Waals surface area contributed by atoms with Crippen molar-refractivity contribution in [3.8, 4) is 0 Å². The van der Waals surface area contributed by atoms with E-state index in [0.29, 0.717) is 0 Å². The minimum Gasteiger partial charge on any atom is -0.480 e. The largest absolute Gasteiger partial charge is 0.480 e. The number of nitrogens with one attached hydrogen (secondary N) is 1. The molecule has 1 atom stereocenters. The smallest absolute Gasteiger partial charge is 0.326 e. The maximum Gasteiger partial charge on any atom is 0.326 e. The molecule has 4 nitrogen and oxygen atoms in total. The predicted molar refractivity (Wildman–Crippen MR) is 84.9 cm³/mol. The maximum atomic E-state index is 12.9. The van der Waals surface area contributed by atoms with E-state index in [1.807, 2.05) is 32.0 Å². The SMILES string of the molecule is Cc1cccc(C)c1C[C@@H](NC(=O)c1ccc(F)cc1)C(=O)O. The van der Waals surface area contributed by atoms with Crippen LogP contribution in [0, 0.1) is 19.7 Å². The summed E-state index contributed by atoms with van der Waals surface area (Å²) in [5.74, 6) is -2.10. The molecule has 5 heteroatoms. The minimum absolute atomic E-state index is 0.195. The first kappa shape index (κ1) is 16.7. The van der Waals surface area contributed by atoms with Gasteiger partial charge in [0.25, 0.3) is 5.91 Å². The van der Waals surface area contributed by atoms with Crippen LogP contribution in [0.3, 0.4) is 0 Å². The fourth-order valence-electron chi connectivity index (χ4n) is 2.42. The molecule has 2 N–H and O–H groups in total. The Balaban J connectivity index is 2.17. The zero-order chi connectivity index (χ0) is 17.0. The number of halogens is 1. The molecule has 0 aliphatic rings. The van der Waals surface area contributed by atoms with Crippen LogP contribution in [0.2, 0.25) is 0 Å². The van der Waals surface area contributed by atoms with E-state index in [1.165, 1.54) is 12.1 Å². The van der Waals surface area contributed by atoms with Crippen molar-refractivity contribution in [3.63, 3.8) is 0 Å². The van der Waals surface area contributed by atoms with Crippen molar-refractivity contribution in [1.82, 2.24) is 5.32 Å². The van der Waals surface area contributed by atoms with Crippen LogP contribution in [0.4, 0.5) is 4.39 Å². The molecule has 0 aliphatic heterocycles. The number of carboxylic acids is 1. The van der Waals surface area contributed by atoms with Gasteiger partial charge in [0, 0.05) is 12.0 Å². The highest BCUT2D eigenvalue weighted by Gasteiger charge is 2.22. The van der Waals surface area contributed by atoms with E-state index in [9.17, 15) is 19.1 Å². The number of aryl methyl sites for hydroxylation is 2. The van der Waals surface area contributed by atoms with Gasteiger partial charge in [0.2, 0.25) is 0 Å². The summed E-state index contributed by atoms with van der Waals surface area (Å²) in [6.45, 7) is 3.81. The van der Waals surface area contributed by atoms with Gasteiger partial charge < -0.3 is 10.4 Å². The fraction of sp³-hybridized carbons (Fsp3) is 0.222. The lowest BCUT2D eigenvalue weighted by Crippen LogP contribution is -2.42. The molecular weight excluding hydrogens is 297 g/mol. The third-order valence-electron chi connectivity index (χ3n) is 3.76. The van der Waals surface area contributed by atoms with Crippen molar-refractivity contribution in [3.05, 3.63) is 70.5 Å². The van der Waals surface area contributed by atoms with Crippen LogP contribution < -0.4 is 5.32 Å². The molecule has 2 aromatic carbocycles. The fourth-order valence-corrected chi connectivity index (χ4v) is 2.42. The number of carboxylic acid groups (broad SMARTS) is 1. The summed E-state index contributed by atoms with van der Waals surface area (Å²) < 4.78 is 12.9. The highest BCUT2D eigenvalue weighted by molar-refractivity contribution is 5.96. The number of hydrogen-bond acceptors (Lipinski definition) is 2. The van der Waals surface area contributed by atoms with E-state index in [2.05, 4.69) is 5.32 Å². The van der Waals surface area contributed by atoms with E-state index in [4.69, 9.17) is 0 Å². The molecule has 120 valence electrons. The Morgan fingerprint density at radius 2 is 1.65 bits per heavy atom. The van der Waals surface area contributed by atoms with E-state index in [-0.39, 0.29) is 12.0 Å². The van der Waals surface area contributed by atoms with Gasteiger partial charge in [-0.15, -0.1) is 0 Å². The van der Waals surface area contributed by atoms with Crippen molar-refractivity contribution in [2.45, 2.75) is 26.3 Å². The van der Waals surface area contributed by atoms with Crippen molar-refractivity contribution in [1.29, 1.82) is 0 Å². The van der Waals surface area contributed by atoms with Gasteiger partial charge in [-0.1, -0.05) is 18.2 Å². The topological polar surface area (TPSA) is 66.4 Å². The van der Waals surface area contributed by atoms with Crippen LogP contribution in [0.15, 0.2) is 42.5 Å². The first-order valence-electron chi connectivity index (χ1n) is 7.23. The molecule has 0 heterocycles. The predicted octanol–water partition coefficient (Wildman–Crippen LogP) is 2.87. The Morgan fingerprint density at radius 1 is 1.09 bits per heavy atom. The second-order valence-electron chi connectivity index (χ2n) is 5.45. The molecule has 0 aliphatic carbocycles. The molecular formula is C18H18FNO3. The number of carbonyl (C=O) groups is 2. The Bertz CT molecular complexity index is 705. The number of carbonyl (C=O) groups excluding carboxylic acids is 1. The molecule has 0 spiro atoms. The summed E-state index contributed by atoms with van der Waals surface area (Å²) >= 11 is 0. The Labute approximate surface area is 134 Å². The molecule has 0 saturated carbocycles. The Kier molecular flexibility index (Phi) is 5.11. The lowest BCUT2D eigenvalue weighted by molar-refractivity contribution is -0.139. The first-order chi connectivity index (χ1) is 10.9. The van der Waals surface area contributed by atoms with Gasteiger partial charge >= 0.3 is 5.97 Å². The summed E-state index contributed by atoms with van der Waals surface area (Å²) in [6, 6.07) is 9.64. The second-order valence-corrected chi connectivity index (χ2v) is 5.45. The standard InChI is InChI=1S/C18H18FNO3/c1-11-4-3-5-12(2)15(11)10-16(18(22)23)20-17(21)13-6-8-14(19)9-7-13/h3-9,16H,10H2,1-2H3,(H,20,21)(H,22,23)/t16-/m1/s1. The maximum absolute atomic E-state index is 12.9. The lowest BCUT2D eigenvalue weighted by Gasteiger charge is -2.17. The quantitative estimate of drug-likeness (QED) is 0.891. The van der Waals surface area contributed by atoms with Gasteiger partial charge in [-0.3, -0.25) is 4.79 Å². The summed E-state index contributed by atoms with van der Waals surface area (Å²) in [4.78, 5) is 23.6. The second kappa shape index (κ2) is 7.05.